The van der Waals surface area contributed by atoms with Crippen molar-refractivity contribution in [1.29, 1.82) is 5.41 Å². The van der Waals surface area contributed by atoms with Crippen molar-refractivity contribution in [2.75, 3.05) is 51.7 Å². The summed E-state index contributed by atoms with van der Waals surface area (Å²) in [7, 11) is 0. The Kier molecular flexibility index (Phi) is 31.7. The Balaban J connectivity index is 1.06. The van der Waals surface area contributed by atoms with Crippen molar-refractivity contribution >= 4 is 99.0 Å². The lowest BCUT2D eigenvalue weighted by Crippen LogP contribution is -2.62. The van der Waals surface area contributed by atoms with Gasteiger partial charge in [-0.15, -0.1) is 0 Å². The molecule has 0 unspecified atom stereocenters. The highest BCUT2D eigenvalue weighted by Gasteiger charge is 2.41. The standard InChI is InChI=1S/C79H101ClN16O13/c1-47(2)38-61(70(100)88-60(16-10-32-85-79(83)84)78(108)96-33-11-17-68(96)77(107)86-48(3)69(82)99)89-72(102)65(43-53-25-30-59(81)31-26-53)92-74(104)66(41-51-18-20-54(21-19-51)45-95-34-36-109-37-35-95)93-76(106)67(46-97)94-75(105)63(40-50-12-6-5-7-13-50)91-73(103)64(42-52-23-28-58(80)29-24-52)90-71(101)62(87-49(4)98)44-55-22-27-56-14-8-9-15-57(56)39-55/h5-9,12-15,18-31,39,47-48,60-68,97H,10-11,16-17,32-38,40-46,81H2,1-4H3,(H2,82,99)(H,86,107)(H,87,98)(H,88,100)(H,89,102)(H,90,101)(H,91,103)(H,92,104)(H,93,106)(H,94,105)(H4,83,84,85)/t48-,60+,61+,62-,63-,64-,65-,66+,67+,68+/m1/s1. The molecular formula is C79H101ClN16O13. The number of ether oxygens (including phenoxy) is 1. The average Bonchev–Trinajstić information content (AvgIpc) is 1.64. The van der Waals surface area contributed by atoms with Gasteiger partial charge in [-0.25, -0.2) is 0 Å². The minimum Gasteiger partial charge on any atom is -0.399 e. The number of aliphatic hydroxyl groups is 1. The number of morpholine rings is 1. The Hall–Kier alpha value is -11.0. The van der Waals surface area contributed by atoms with Crippen molar-refractivity contribution in [3.63, 3.8) is 0 Å². The first kappa shape index (κ1) is 83.6. The molecule has 30 heteroatoms. The first-order chi connectivity index (χ1) is 52.2. The molecule has 18 N–H and O–H groups in total. The molecule has 6 aromatic carbocycles. The van der Waals surface area contributed by atoms with E-state index in [4.69, 9.17) is 38.9 Å². The van der Waals surface area contributed by atoms with Gasteiger partial charge >= 0.3 is 0 Å². The van der Waals surface area contributed by atoms with E-state index in [9.17, 15) is 48.3 Å². The quantitative estimate of drug-likeness (QED) is 0.0113. The van der Waals surface area contributed by atoms with Gasteiger partial charge in [-0.05, 0) is 113 Å². The topological polar surface area (TPSA) is 446 Å². The number of nitrogen functional groups attached to an aromatic ring is 1. The van der Waals surface area contributed by atoms with Crippen LogP contribution in [-0.4, -0.2) is 192 Å². The molecule has 582 valence electrons. The molecule has 2 aliphatic rings. The van der Waals surface area contributed by atoms with Crippen LogP contribution >= 0.6 is 11.6 Å². The number of hydrogen-bond acceptors (Lipinski definition) is 16. The highest BCUT2D eigenvalue weighted by atomic mass is 35.5. The van der Waals surface area contributed by atoms with Gasteiger partial charge in [-0.1, -0.05) is 147 Å². The number of nitrogens with two attached hydrogens (primary N) is 3. The number of benzene rings is 6. The molecule has 0 saturated carbocycles. The van der Waals surface area contributed by atoms with E-state index in [2.05, 4.69) is 58.1 Å². The Bertz CT molecular complexity index is 4130. The van der Waals surface area contributed by atoms with Gasteiger partial charge in [-0.3, -0.25) is 63.0 Å². The summed E-state index contributed by atoms with van der Waals surface area (Å²) < 4.78 is 5.55. The molecule has 0 spiro atoms. The lowest BCUT2D eigenvalue weighted by Gasteiger charge is -2.31. The molecular weight excluding hydrogens is 1420 g/mol. The second-order valence-corrected chi connectivity index (χ2v) is 28.5. The lowest BCUT2D eigenvalue weighted by atomic mass is 9.99. The van der Waals surface area contributed by atoms with Crippen molar-refractivity contribution in [1.82, 2.24) is 63.0 Å². The van der Waals surface area contributed by atoms with Gasteiger partial charge < -0.3 is 85.1 Å². The van der Waals surface area contributed by atoms with Crippen LogP contribution in [0.15, 0.2) is 146 Å². The minimum atomic E-state index is -1.80. The minimum absolute atomic E-state index is 0.00783. The fraction of sp³-hybridized carbons (Fsp3) is 0.418. The third kappa shape index (κ3) is 26.4. The molecule has 10 atom stereocenters. The number of halogens is 1. The number of amides is 11. The van der Waals surface area contributed by atoms with E-state index in [0.29, 0.717) is 72.2 Å². The SMILES string of the molecule is CC(=O)N[C@H](Cc1ccc2ccccc2c1)C(=O)N[C@H](Cc1ccc(Cl)cc1)C(=O)N[C@H](Cc1ccccc1)C(=O)N[C@@H](CO)C(=O)N[C@@H](Cc1ccc(CN2CCOCC2)cc1)C(=O)N[C@H](Cc1ccc(N)cc1)C(=O)N[C@@H](CC(C)C)C(=O)N[C@@H](CCCNC(=N)N)C(=O)N1CCC[C@H]1C(=O)N[C@H](C)C(N)=O. The predicted octanol–water partition coefficient (Wildman–Crippen LogP) is 1.60. The first-order valence-electron chi connectivity index (χ1n) is 36.7. The van der Waals surface area contributed by atoms with Gasteiger partial charge in [0.2, 0.25) is 65.0 Å². The number of carbonyl (C=O) groups is 11. The highest BCUT2D eigenvalue weighted by molar-refractivity contribution is 6.30. The van der Waals surface area contributed by atoms with E-state index in [0.717, 1.165) is 21.9 Å². The maximum Gasteiger partial charge on any atom is 0.245 e. The molecule has 2 heterocycles. The van der Waals surface area contributed by atoms with Gasteiger partial charge in [0, 0.05) is 82.5 Å². The molecule has 6 aromatic rings. The van der Waals surface area contributed by atoms with E-state index in [1.165, 1.54) is 18.7 Å². The van der Waals surface area contributed by atoms with Crippen LogP contribution < -0.4 is 70.4 Å². The summed E-state index contributed by atoms with van der Waals surface area (Å²) in [4.78, 5) is 161. The van der Waals surface area contributed by atoms with E-state index < -0.39 is 132 Å². The van der Waals surface area contributed by atoms with Crippen LogP contribution in [0.3, 0.4) is 0 Å². The zero-order valence-electron chi connectivity index (χ0n) is 61.8. The molecule has 2 aliphatic heterocycles. The number of primary amides is 1. The van der Waals surface area contributed by atoms with Crippen LogP contribution in [-0.2, 0) is 96.1 Å². The van der Waals surface area contributed by atoms with Gasteiger partial charge in [0.1, 0.15) is 60.4 Å². The van der Waals surface area contributed by atoms with Crippen molar-refractivity contribution in [2.45, 2.75) is 159 Å². The summed E-state index contributed by atoms with van der Waals surface area (Å²) in [6.07, 6.45) is 0.245. The fourth-order valence-electron chi connectivity index (χ4n) is 13.0. The number of anilines is 1. The molecule has 0 bridgehead atoms. The Morgan fingerprint density at radius 2 is 0.963 bits per heavy atom. The Morgan fingerprint density at radius 1 is 0.523 bits per heavy atom. The summed E-state index contributed by atoms with van der Waals surface area (Å²) >= 11 is 6.27. The van der Waals surface area contributed by atoms with Gasteiger partial charge in [-0.2, -0.15) is 0 Å². The van der Waals surface area contributed by atoms with Crippen molar-refractivity contribution < 1.29 is 62.6 Å². The molecule has 0 aromatic heterocycles. The Labute approximate surface area is 638 Å². The smallest absolute Gasteiger partial charge is 0.245 e. The largest absolute Gasteiger partial charge is 0.399 e. The third-order valence-corrected chi connectivity index (χ3v) is 19.1. The predicted molar refractivity (Wildman–Crippen MR) is 412 cm³/mol. The fourth-order valence-corrected chi connectivity index (χ4v) is 13.1. The number of fused-ring (bicyclic) bond motifs is 1. The molecule has 2 saturated heterocycles. The molecule has 11 amide bonds. The summed E-state index contributed by atoms with van der Waals surface area (Å²) in [6.45, 7) is 8.72. The van der Waals surface area contributed by atoms with Crippen molar-refractivity contribution in [2.24, 2.45) is 17.4 Å². The zero-order valence-corrected chi connectivity index (χ0v) is 62.5. The number of nitrogens with zero attached hydrogens (tertiary/aromatic N) is 2. The maximum atomic E-state index is 15.3. The van der Waals surface area contributed by atoms with Crippen LogP contribution in [0.25, 0.3) is 10.8 Å². The number of guanidine groups is 1. The number of nitrogens with one attached hydrogen (secondary N) is 11. The Morgan fingerprint density at radius 3 is 1.49 bits per heavy atom. The normalized spacial score (nSPS) is 16.1. The summed E-state index contributed by atoms with van der Waals surface area (Å²) in [5.41, 5.74) is 21.3. The van der Waals surface area contributed by atoms with Crippen LogP contribution in [0.4, 0.5) is 5.69 Å². The van der Waals surface area contributed by atoms with Gasteiger partial charge in [0.05, 0.1) is 19.8 Å². The molecule has 109 heavy (non-hydrogen) atoms. The number of rotatable bonds is 38. The van der Waals surface area contributed by atoms with E-state index in [1.807, 2.05) is 68.4 Å². The van der Waals surface area contributed by atoms with Crippen molar-refractivity contribution in [3.05, 3.63) is 184 Å². The highest BCUT2D eigenvalue weighted by Crippen LogP contribution is 2.23. The van der Waals surface area contributed by atoms with Crippen LogP contribution in [0, 0.1) is 11.3 Å². The molecule has 29 nitrogen and oxygen atoms in total. The summed E-state index contributed by atoms with van der Waals surface area (Å²) in [5.74, 6) is -9.20. The molecule has 0 aliphatic carbocycles. The van der Waals surface area contributed by atoms with Gasteiger partial charge in [0.15, 0.2) is 5.96 Å². The van der Waals surface area contributed by atoms with E-state index >= 15 is 9.59 Å². The second-order valence-electron chi connectivity index (χ2n) is 28.1. The van der Waals surface area contributed by atoms with E-state index in [1.54, 1.807) is 91.0 Å². The second kappa shape index (κ2) is 41.4. The number of carbonyl (C=O) groups excluding carboxylic acids is 11. The number of aliphatic hydroxyl groups excluding tert-OH is 1. The van der Waals surface area contributed by atoms with Crippen molar-refractivity contribution in [3.8, 4) is 0 Å². The average molecular weight is 1520 g/mol. The molecule has 8 rings (SSSR count). The van der Waals surface area contributed by atoms with Gasteiger partial charge in [0.25, 0.3) is 0 Å². The van der Waals surface area contributed by atoms with Crippen LogP contribution in [0.5, 0.6) is 0 Å². The lowest BCUT2D eigenvalue weighted by molar-refractivity contribution is -0.142. The number of hydrogen-bond donors (Lipinski definition) is 15. The number of likely N-dealkylation sites (tertiary alicyclic amines) is 1. The summed E-state index contributed by atoms with van der Waals surface area (Å²) in [6, 6.07) is 28.7. The maximum absolute atomic E-state index is 15.3. The first-order valence-corrected chi connectivity index (χ1v) is 37.0. The van der Waals surface area contributed by atoms with Crippen LogP contribution in [0.2, 0.25) is 5.02 Å². The zero-order chi connectivity index (χ0) is 78.7. The molecule has 2 fully saturated rings. The monoisotopic (exact) mass is 1520 g/mol. The van der Waals surface area contributed by atoms with Crippen LogP contribution in [0.1, 0.15) is 93.2 Å². The third-order valence-electron chi connectivity index (χ3n) is 18.9. The summed E-state index contributed by atoms with van der Waals surface area (Å²) in [5, 5.41) is 48.4. The van der Waals surface area contributed by atoms with E-state index in [-0.39, 0.29) is 82.8 Å². The molecule has 0 radical (unpaired) electrons.